The Morgan fingerprint density at radius 1 is 1.03 bits per heavy atom. The minimum atomic E-state index is -2.32. The molecule has 1 saturated heterocycles. The molecule has 2 aliphatic heterocycles. The van der Waals surface area contributed by atoms with E-state index in [0.717, 1.165) is 36.6 Å². The topological polar surface area (TPSA) is 30.9 Å². The van der Waals surface area contributed by atoms with Crippen LogP contribution < -0.4 is 14.7 Å². The quantitative estimate of drug-likeness (QED) is 0.667. The van der Waals surface area contributed by atoms with Crippen molar-refractivity contribution in [3.05, 3.63) is 77.1 Å². The maximum Gasteiger partial charge on any atom is 0.169 e. The zero-order valence-electron chi connectivity index (χ0n) is 19.6. The smallest absolute Gasteiger partial charge is 0.169 e. The first kappa shape index (κ1) is 20.1. The molecule has 2 heterocycles. The Balaban J connectivity index is 1.74. The van der Waals surface area contributed by atoms with Gasteiger partial charge in [-0.2, -0.15) is 0 Å². The summed E-state index contributed by atoms with van der Waals surface area (Å²) in [7, 11) is 3.50. The number of rotatable bonds is 4. The summed E-state index contributed by atoms with van der Waals surface area (Å²) < 4.78 is 19.4. The Hall–Kier alpha value is -2.50. The Kier molecular flexibility index (Phi) is 4.10. The lowest BCUT2D eigenvalue weighted by atomic mass is 9.57. The normalized spacial score (nSPS) is 30.1. The number of likely N-dealkylation sites (tertiary alicyclic amines) is 1. The van der Waals surface area contributed by atoms with E-state index in [2.05, 4.69) is 79.7 Å². The van der Waals surface area contributed by atoms with Gasteiger partial charge in [-0.1, -0.05) is 60.8 Å². The SMILES string of the molecule is COC1=CC=C2[C@H]3Cc4ccc(OC)c5c4[C@@]2(CCN3C)[C@@]1([Si](C)(C)c1ccccc1)O5. The molecule has 0 radical (unpaired) electrons. The van der Waals surface area contributed by atoms with Crippen LogP contribution in [0.2, 0.25) is 13.1 Å². The number of allylic oxidation sites excluding steroid dienone is 2. The van der Waals surface area contributed by atoms with Gasteiger partial charge in [-0.3, -0.25) is 4.90 Å². The van der Waals surface area contributed by atoms with Gasteiger partial charge in [-0.15, -0.1) is 0 Å². The molecule has 1 fully saturated rings. The van der Waals surface area contributed by atoms with E-state index in [1.165, 1.54) is 21.9 Å². The predicted molar refractivity (Wildman–Crippen MR) is 130 cm³/mol. The van der Waals surface area contributed by atoms with Crippen molar-refractivity contribution in [2.45, 2.75) is 42.6 Å². The molecule has 1 spiro atoms. The highest BCUT2D eigenvalue weighted by Crippen LogP contribution is 2.68. The van der Waals surface area contributed by atoms with Crippen molar-refractivity contribution < 1.29 is 14.2 Å². The van der Waals surface area contributed by atoms with E-state index in [-0.39, 0.29) is 5.41 Å². The first-order chi connectivity index (χ1) is 15.4. The highest BCUT2D eigenvalue weighted by atomic mass is 28.3. The van der Waals surface area contributed by atoms with Gasteiger partial charge in [0.25, 0.3) is 0 Å². The molecule has 0 amide bonds. The highest BCUT2D eigenvalue weighted by Gasteiger charge is 2.75. The second-order valence-corrected chi connectivity index (χ2v) is 14.6. The van der Waals surface area contributed by atoms with Crippen LogP contribution in [-0.4, -0.2) is 52.1 Å². The molecule has 3 atom stereocenters. The van der Waals surface area contributed by atoms with Gasteiger partial charge in [0.1, 0.15) is 13.8 Å². The molecular formula is C27H31NO3Si. The number of methoxy groups -OCH3 is 2. The molecule has 2 aromatic carbocycles. The number of likely N-dealkylation sites (N-methyl/N-ethyl adjacent to an activating group) is 1. The third-order valence-electron chi connectivity index (χ3n) is 8.70. The molecule has 0 N–H and O–H groups in total. The van der Waals surface area contributed by atoms with Crippen molar-refractivity contribution in [1.82, 2.24) is 4.90 Å². The molecule has 166 valence electrons. The van der Waals surface area contributed by atoms with Crippen LogP contribution in [0.4, 0.5) is 0 Å². The average molecular weight is 446 g/mol. The first-order valence-electron chi connectivity index (χ1n) is 11.5. The molecular weight excluding hydrogens is 414 g/mol. The third-order valence-corrected chi connectivity index (χ3v) is 13.0. The summed E-state index contributed by atoms with van der Waals surface area (Å²) in [6.45, 7) is 5.94. The Bertz CT molecular complexity index is 1170. The van der Waals surface area contributed by atoms with Gasteiger partial charge < -0.3 is 14.2 Å². The fraction of sp³-hybridized carbons (Fsp3) is 0.407. The van der Waals surface area contributed by atoms with Crippen LogP contribution in [0.3, 0.4) is 0 Å². The Labute approximate surface area is 191 Å². The zero-order valence-corrected chi connectivity index (χ0v) is 20.6. The molecule has 2 aromatic rings. The van der Waals surface area contributed by atoms with Crippen LogP contribution in [-0.2, 0) is 16.6 Å². The van der Waals surface area contributed by atoms with Crippen molar-refractivity contribution in [1.29, 1.82) is 0 Å². The lowest BCUT2D eigenvalue weighted by Gasteiger charge is -2.61. The monoisotopic (exact) mass is 445 g/mol. The van der Waals surface area contributed by atoms with Gasteiger partial charge in [-0.05, 0) is 49.7 Å². The summed E-state index contributed by atoms with van der Waals surface area (Å²) in [6, 6.07) is 15.7. The van der Waals surface area contributed by atoms with E-state index in [4.69, 9.17) is 14.2 Å². The van der Waals surface area contributed by atoms with Gasteiger partial charge >= 0.3 is 0 Å². The predicted octanol–water partition coefficient (Wildman–Crippen LogP) is 3.95. The van der Waals surface area contributed by atoms with E-state index >= 15 is 0 Å². The molecule has 2 bridgehead atoms. The van der Waals surface area contributed by atoms with Crippen LogP contribution >= 0.6 is 0 Å². The van der Waals surface area contributed by atoms with E-state index in [9.17, 15) is 0 Å². The molecule has 4 aliphatic rings. The average Bonchev–Trinajstić information content (AvgIpc) is 3.14. The summed E-state index contributed by atoms with van der Waals surface area (Å²) in [5.74, 6) is 2.72. The summed E-state index contributed by atoms with van der Waals surface area (Å²) in [5.41, 5.74) is 4.01. The maximum absolute atomic E-state index is 7.33. The number of benzene rings is 2. The fourth-order valence-corrected chi connectivity index (χ4v) is 11.3. The fourth-order valence-electron chi connectivity index (χ4n) is 7.25. The summed E-state index contributed by atoms with van der Waals surface area (Å²) >= 11 is 0. The summed E-state index contributed by atoms with van der Waals surface area (Å²) in [6.07, 6.45) is 6.57. The minimum absolute atomic E-state index is 0.229. The van der Waals surface area contributed by atoms with Gasteiger partial charge in [0.05, 0.1) is 19.6 Å². The van der Waals surface area contributed by atoms with E-state index in [0.29, 0.717) is 6.04 Å². The number of hydrogen-bond donors (Lipinski definition) is 0. The summed E-state index contributed by atoms with van der Waals surface area (Å²) in [4.78, 5) is 2.52. The second kappa shape index (κ2) is 6.52. The van der Waals surface area contributed by atoms with Crippen molar-refractivity contribution in [2.24, 2.45) is 0 Å². The zero-order chi connectivity index (χ0) is 22.3. The van der Waals surface area contributed by atoms with Gasteiger partial charge in [0, 0.05) is 11.6 Å². The van der Waals surface area contributed by atoms with E-state index < -0.39 is 13.3 Å². The number of hydrogen-bond acceptors (Lipinski definition) is 4. The number of nitrogens with zero attached hydrogens (tertiary/aromatic N) is 1. The molecule has 32 heavy (non-hydrogen) atoms. The van der Waals surface area contributed by atoms with Crippen LogP contribution in [0.25, 0.3) is 0 Å². The van der Waals surface area contributed by atoms with Gasteiger partial charge in [0.15, 0.2) is 16.7 Å². The van der Waals surface area contributed by atoms with Crippen LogP contribution in [0.1, 0.15) is 17.5 Å². The van der Waals surface area contributed by atoms with Crippen LogP contribution in [0.15, 0.2) is 65.9 Å². The lowest BCUT2D eigenvalue weighted by Crippen LogP contribution is -2.77. The van der Waals surface area contributed by atoms with Crippen molar-refractivity contribution in [3.8, 4) is 11.5 Å². The van der Waals surface area contributed by atoms with Crippen molar-refractivity contribution in [3.63, 3.8) is 0 Å². The minimum Gasteiger partial charge on any atom is -0.497 e. The molecule has 0 unspecified atom stereocenters. The standard InChI is InChI=1S/C27H31NO3Si/c1-28-16-15-26-20-12-14-23(30-3)27(26,32(4,5)19-9-7-6-8-10-19)31-25-22(29-2)13-11-18(24(25)26)17-21(20)28/h6-14,21H,15-17H2,1-5H3/t21-,26+,27-/m1/s1. The molecule has 0 saturated carbocycles. The van der Waals surface area contributed by atoms with E-state index in [1.54, 1.807) is 14.2 Å². The van der Waals surface area contributed by atoms with Gasteiger partial charge in [0.2, 0.25) is 0 Å². The highest BCUT2D eigenvalue weighted by molar-refractivity contribution is 6.93. The van der Waals surface area contributed by atoms with Crippen LogP contribution in [0.5, 0.6) is 11.5 Å². The van der Waals surface area contributed by atoms with Crippen LogP contribution in [0, 0.1) is 0 Å². The maximum atomic E-state index is 7.33. The first-order valence-corrected chi connectivity index (χ1v) is 14.5. The number of ether oxygens (including phenoxy) is 3. The summed E-state index contributed by atoms with van der Waals surface area (Å²) in [5, 5.41) is 0.819. The largest absolute Gasteiger partial charge is 0.497 e. The second-order valence-electron chi connectivity index (χ2n) is 10.1. The molecule has 5 heteroatoms. The third kappa shape index (κ3) is 2.07. The van der Waals surface area contributed by atoms with E-state index in [1.807, 2.05) is 0 Å². The Morgan fingerprint density at radius 3 is 2.53 bits per heavy atom. The molecule has 0 aromatic heterocycles. The van der Waals surface area contributed by atoms with Crippen molar-refractivity contribution >= 4 is 13.3 Å². The lowest BCUT2D eigenvalue weighted by molar-refractivity contribution is 0.0379. The molecule has 4 nitrogen and oxygen atoms in total. The van der Waals surface area contributed by atoms with Crippen molar-refractivity contribution in [2.75, 3.05) is 27.8 Å². The molecule has 2 aliphatic carbocycles. The Morgan fingerprint density at radius 2 is 1.81 bits per heavy atom. The van der Waals surface area contributed by atoms with Gasteiger partial charge in [-0.25, -0.2) is 0 Å². The molecule has 6 rings (SSSR count). The number of piperidine rings is 1.